The van der Waals surface area contributed by atoms with Crippen molar-refractivity contribution in [2.24, 2.45) is 5.41 Å². The van der Waals surface area contributed by atoms with E-state index in [9.17, 15) is 4.79 Å². The maximum absolute atomic E-state index is 11.9. The molecule has 0 aliphatic carbocycles. The standard InChI is InChI=1S/C17H27NO5/c1-7-21-16(19)14-10(2)15(23-18-14)12-8-11(20-6)9-13(22-12)17(3,4)5/h11-13H,7-9H2,1-6H3/t11-,12+,13+/m0/s1. The molecular formula is C17H27NO5. The molecule has 1 aromatic heterocycles. The second kappa shape index (κ2) is 7.01. The molecule has 2 heterocycles. The first-order valence-corrected chi connectivity index (χ1v) is 8.09. The number of methoxy groups -OCH3 is 1. The number of esters is 1. The molecule has 1 aromatic rings. The van der Waals surface area contributed by atoms with E-state index in [4.69, 9.17) is 18.7 Å². The lowest BCUT2D eigenvalue weighted by atomic mass is 9.82. The van der Waals surface area contributed by atoms with E-state index in [2.05, 4.69) is 25.9 Å². The smallest absolute Gasteiger partial charge is 0.360 e. The molecule has 0 saturated carbocycles. The lowest BCUT2D eigenvalue weighted by molar-refractivity contribution is -0.150. The van der Waals surface area contributed by atoms with Crippen LogP contribution in [-0.4, -0.2) is 37.1 Å². The summed E-state index contributed by atoms with van der Waals surface area (Å²) in [4.78, 5) is 11.9. The van der Waals surface area contributed by atoms with Gasteiger partial charge in [0.15, 0.2) is 11.5 Å². The topological polar surface area (TPSA) is 70.8 Å². The number of rotatable bonds is 4. The van der Waals surface area contributed by atoms with Crippen LogP contribution in [0.15, 0.2) is 4.52 Å². The Kier molecular flexibility index (Phi) is 5.47. The summed E-state index contributed by atoms with van der Waals surface area (Å²) in [6.45, 7) is 10.3. The number of carbonyl (C=O) groups is 1. The van der Waals surface area contributed by atoms with Crippen LogP contribution in [0.3, 0.4) is 0 Å². The van der Waals surface area contributed by atoms with Crippen molar-refractivity contribution in [3.8, 4) is 0 Å². The van der Waals surface area contributed by atoms with E-state index < -0.39 is 5.97 Å². The molecule has 23 heavy (non-hydrogen) atoms. The van der Waals surface area contributed by atoms with Crippen LogP contribution in [0.2, 0.25) is 0 Å². The Hall–Kier alpha value is -1.40. The van der Waals surface area contributed by atoms with Gasteiger partial charge >= 0.3 is 5.97 Å². The molecule has 6 nitrogen and oxygen atoms in total. The van der Waals surface area contributed by atoms with Gasteiger partial charge in [-0.25, -0.2) is 4.79 Å². The van der Waals surface area contributed by atoms with Gasteiger partial charge in [-0.05, 0) is 19.3 Å². The first-order valence-electron chi connectivity index (χ1n) is 8.09. The summed E-state index contributed by atoms with van der Waals surface area (Å²) in [5.41, 5.74) is 0.892. The highest BCUT2D eigenvalue weighted by Gasteiger charge is 2.39. The first-order chi connectivity index (χ1) is 10.8. The van der Waals surface area contributed by atoms with Crippen LogP contribution in [0.25, 0.3) is 0 Å². The first kappa shape index (κ1) is 17.9. The van der Waals surface area contributed by atoms with Crippen LogP contribution < -0.4 is 0 Å². The number of hydrogen-bond acceptors (Lipinski definition) is 6. The molecule has 1 fully saturated rings. The predicted molar refractivity (Wildman–Crippen MR) is 84.3 cm³/mol. The van der Waals surface area contributed by atoms with Crippen molar-refractivity contribution >= 4 is 5.97 Å². The van der Waals surface area contributed by atoms with Gasteiger partial charge in [-0.15, -0.1) is 0 Å². The van der Waals surface area contributed by atoms with Gasteiger partial charge in [0.25, 0.3) is 0 Å². The average molecular weight is 325 g/mol. The molecule has 3 atom stereocenters. The lowest BCUT2D eigenvalue weighted by Gasteiger charge is -2.40. The molecule has 0 spiro atoms. The maximum Gasteiger partial charge on any atom is 0.360 e. The SMILES string of the molecule is CCOC(=O)c1noc([C@H]2C[C@H](OC)C[C@H](C(C)(C)C)O2)c1C. The number of nitrogens with zero attached hydrogens (tertiary/aromatic N) is 1. The zero-order chi connectivity index (χ0) is 17.2. The maximum atomic E-state index is 11.9. The van der Waals surface area contributed by atoms with Crippen LogP contribution >= 0.6 is 0 Å². The fourth-order valence-electron chi connectivity index (χ4n) is 2.84. The van der Waals surface area contributed by atoms with Crippen LogP contribution in [-0.2, 0) is 14.2 Å². The highest BCUT2D eigenvalue weighted by atomic mass is 16.5. The summed E-state index contributed by atoms with van der Waals surface area (Å²) in [6.07, 6.45) is 1.39. The largest absolute Gasteiger partial charge is 0.461 e. The van der Waals surface area contributed by atoms with E-state index >= 15 is 0 Å². The summed E-state index contributed by atoms with van der Waals surface area (Å²) < 4.78 is 22.2. The minimum atomic E-state index is -0.466. The summed E-state index contributed by atoms with van der Waals surface area (Å²) in [7, 11) is 1.71. The fraction of sp³-hybridized carbons (Fsp3) is 0.765. The Morgan fingerprint density at radius 3 is 2.61 bits per heavy atom. The van der Waals surface area contributed by atoms with E-state index in [0.29, 0.717) is 24.4 Å². The van der Waals surface area contributed by atoms with Crippen molar-refractivity contribution in [1.82, 2.24) is 5.16 Å². The molecule has 0 aromatic carbocycles. The average Bonchev–Trinajstić information content (AvgIpc) is 2.88. The van der Waals surface area contributed by atoms with Crippen LogP contribution in [0.1, 0.15) is 68.5 Å². The molecule has 2 rings (SSSR count). The number of carbonyl (C=O) groups excluding carboxylic acids is 1. The normalized spacial score (nSPS) is 25.4. The second-order valence-electron chi connectivity index (χ2n) is 7.05. The molecule has 6 heteroatoms. The van der Waals surface area contributed by atoms with Gasteiger partial charge in [-0.1, -0.05) is 25.9 Å². The third-order valence-corrected chi connectivity index (χ3v) is 4.30. The third kappa shape index (κ3) is 3.93. The zero-order valence-electron chi connectivity index (χ0n) is 14.8. The number of aromatic nitrogens is 1. The van der Waals surface area contributed by atoms with Gasteiger partial charge in [0, 0.05) is 25.5 Å². The van der Waals surface area contributed by atoms with E-state index in [1.54, 1.807) is 14.0 Å². The van der Waals surface area contributed by atoms with E-state index in [0.717, 1.165) is 6.42 Å². The molecule has 0 bridgehead atoms. The van der Waals surface area contributed by atoms with Gasteiger partial charge in [0.2, 0.25) is 0 Å². The summed E-state index contributed by atoms with van der Waals surface area (Å²) in [5.74, 6) is 0.121. The van der Waals surface area contributed by atoms with Gasteiger partial charge in [-0.2, -0.15) is 0 Å². The van der Waals surface area contributed by atoms with Crippen molar-refractivity contribution in [2.75, 3.05) is 13.7 Å². The molecule has 1 aliphatic heterocycles. The van der Waals surface area contributed by atoms with E-state index in [1.807, 2.05) is 6.92 Å². The van der Waals surface area contributed by atoms with E-state index in [1.165, 1.54) is 0 Å². The summed E-state index contributed by atoms with van der Waals surface area (Å²) in [6, 6.07) is 0. The van der Waals surface area contributed by atoms with Crippen molar-refractivity contribution < 1.29 is 23.5 Å². The summed E-state index contributed by atoms with van der Waals surface area (Å²) >= 11 is 0. The minimum Gasteiger partial charge on any atom is -0.461 e. The zero-order valence-corrected chi connectivity index (χ0v) is 14.8. The quantitative estimate of drug-likeness (QED) is 0.790. The van der Waals surface area contributed by atoms with E-state index in [-0.39, 0.29) is 29.4 Å². The molecule has 0 radical (unpaired) electrons. The Morgan fingerprint density at radius 2 is 2.04 bits per heavy atom. The van der Waals surface area contributed by atoms with Crippen LogP contribution in [0, 0.1) is 12.3 Å². The van der Waals surface area contributed by atoms with Crippen molar-refractivity contribution in [1.29, 1.82) is 0 Å². The van der Waals surface area contributed by atoms with Gasteiger partial charge in [-0.3, -0.25) is 0 Å². The molecule has 0 amide bonds. The predicted octanol–water partition coefficient (Wildman–Crippen LogP) is 3.44. The Bertz CT molecular complexity index is 546. The van der Waals surface area contributed by atoms with Gasteiger partial charge in [0.05, 0.1) is 18.8 Å². The molecule has 0 unspecified atom stereocenters. The molecular weight excluding hydrogens is 298 g/mol. The van der Waals surface area contributed by atoms with Gasteiger partial charge < -0.3 is 18.7 Å². The monoisotopic (exact) mass is 325 g/mol. The Balaban J connectivity index is 2.24. The van der Waals surface area contributed by atoms with Crippen molar-refractivity contribution in [2.45, 2.75) is 65.8 Å². The Morgan fingerprint density at radius 1 is 1.35 bits per heavy atom. The highest BCUT2D eigenvalue weighted by molar-refractivity contribution is 5.88. The van der Waals surface area contributed by atoms with Crippen molar-refractivity contribution in [3.05, 3.63) is 17.0 Å². The van der Waals surface area contributed by atoms with Crippen molar-refractivity contribution in [3.63, 3.8) is 0 Å². The fourth-order valence-corrected chi connectivity index (χ4v) is 2.84. The molecule has 1 saturated heterocycles. The Labute approximate surface area is 137 Å². The summed E-state index contributed by atoms with van der Waals surface area (Å²) in [5, 5.41) is 3.88. The number of hydrogen-bond donors (Lipinski definition) is 0. The minimum absolute atomic E-state index is 0.00660. The lowest BCUT2D eigenvalue weighted by Crippen LogP contribution is -2.40. The molecule has 1 aliphatic rings. The number of ether oxygens (including phenoxy) is 3. The van der Waals surface area contributed by atoms with Crippen LogP contribution in [0.4, 0.5) is 0 Å². The van der Waals surface area contributed by atoms with Gasteiger partial charge in [0.1, 0.15) is 6.10 Å². The molecule has 0 N–H and O–H groups in total. The second-order valence-corrected chi connectivity index (χ2v) is 7.05. The highest BCUT2D eigenvalue weighted by Crippen LogP contribution is 2.40. The molecule has 130 valence electrons. The van der Waals surface area contributed by atoms with Crippen LogP contribution in [0.5, 0.6) is 0 Å². The third-order valence-electron chi connectivity index (χ3n) is 4.30.